The number of methoxy groups -OCH3 is 1. The fraction of sp³-hybridized carbons (Fsp3) is 0.600. The van der Waals surface area contributed by atoms with E-state index in [2.05, 4.69) is 26.1 Å². The van der Waals surface area contributed by atoms with Crippen LogP contribution in [0.15, 0.2) is 18.2 Å². The molecule has 0 bridgehead atoms. The number of nitrogens with one attached hydrogen (secondary N) is 1. The van der Waals surface area contributed by atoms with Crippen molar-refractivity contribution in [2.24, 2.45) is 0 Å². The van der Waals surface area contributed by atoms with Gasteiger partial charge in [-0.15, -0.1) is 0 Å². The molecule has 0 radical (unpaired) electrons. The molecule has 0 saturated carbocycles. The molecular formula is C15H24ClNO2. The molecule has 1 N–H and O–H groups in total. The SMILES string of the molecule is CCNC(C)c1cc(Cl)ccc1OC(C)CCOC. The molecule has 0 heterocycles. The normalized spacial score (nSPS) is 14.2. The summed E-state index contributed by atoms with van der Waals surface area (Å²) < 4.78 is 11.1. The lowest BCUT2D eigenvalue weighted by atomic mass is 10.1. The second-order valence-electron chi connectivity index (χ2n) is 4.67. The Morgan fingerprint density at radius 3 is 2.68 bits per heavy atom. The summed E-state index contributed by atoms with van der Waals surface area (Å²) in [6, 6.07) is 5.98. The van der Waals surface area contributed by atoms with Gasteiger partial charge >= 0.3 is 0 Å². The summed E-state index contributed by atoms with van der Waals surface area (Å²) in [5.74, 6) is 0.890. The van der Waals surface area contributed by atoms with Crippen LogP contribution in [0.5, 0.6) is 5.75 Å². The van der Waals surface area contributed by atoms with Crippen molar-refractivity contribution in [1.29, 1.82) is 0 Å². The number of hydrogen-bond donors (Lipinski definition) is 1. The molecule has 0 aliphatic rings. The number of benzene rings is 1. The standard InChI is InChI=1S/C15H24ClNO2/c1-5-17-12(3)14-10-13(16)6-7-15(14)19-11(2)8-9-18-4/h6-7,10-12,17H,5,8-9H2,1-4H3. The molecule has 0 spiro atoms. The van der Waals surface area contributed by atoms with Crippen molar-refractivity contribution < 1.29 is 9.47 Å². The molecule has 0 aliphatic carbocycles. The Balaban J connectivity index is 2.81. The molecule has 1 aromatic carbocycles. The van der Waals surface area contributed by atoms with E-state index in [1.165, 1.54) is 0 Å². The molecule has 2 atom stereocenters. The number of halogens is 1. The first-order valence-electron chi connectivity index (χ1n) is 6.76. The monoisotopic (exact) mass is 285 g/mol. The zero-order valence-electron chi connectivity index (χ0n) is 12.2. The van der Waals surface area contributed by atoms with Gasteiger partial charge < -0.3 is 14.8 Å². The second kappa shape index (κ2) is 8.41. The third kappa shape index (κ3) is 5.39. The van der Waals surface area contributed by atoms with Crippen LogP contribution in [0.3, 0.4) is 0 Å². The molecule has 108 valence electrons. The summed E-state index contributed by atoms with van der Waals surface area (Å²) >= 11 is 6.08. The molecule has 4 heteroatoms. The molecule has 0 amide bonds. The first kappa shape index (κ1) is 16.3. The Kier molecular flexibility index (Phi) is 7.21. The number of hydrogen-bond acceptors (Lipinski definition) is 3. The van der Waals surface area contributed by atoms with Crippen LogP contribution in [0.4, 0.5) is 0 Å². The minimum absolute atomic E-state index is 0.119. The topological polar surface area (TPSA) is 30.5 Å². The smallest absolute Gasteiger partial charge is 0.124 e. The Morgan fingerprint density at radius 2 is 2.05 bits per heavy atom. The van der Waals surface area contributed by atoms with Crippen molar-refractivity contribution in [3.05, 3.63) is 28.8 Å². The van der Waals surface area contributed by atoms with Crippen molar-refractivity contribution in [3.63, 3.8) is 0 Å². The average molecular weight is 286 g/mol. The van der Waals surface area contributed by atoms with Gasteiger partial charge in [0, 0.05) is 36.8 Å². The first-order chi connectivity index (χ1) is 9.08. The van der Waals surface area contributed by atoms with E-state index in [0.717, 1.165) is 29.3 Å². The highest BCUT2D eigenvalue weighted by Gasteiger charge is 2.14. The Morgan fingerprint density at radius 1 is 1.32 bits per heavy atom. The van der Waals surface area contributed by atoms with Crippen LogP contribution in [0.25, 0.3) is 0 Å². The summed E-state index contributed by atoms with van der Waals surface area (Å²) in [7, 11) is 1.70. The minimum atomic E-state index is 0.119. The molecule has 0 aliphatic heterocycles. The number of rotatable bonds is 8. The van der Waals surface area contributed by atoms with Gasteiger partial charge in [-0.2, -0.15) is 0 Å². The van der Waals surface area contributed by atoms with Crippen LogP contribution in [-0.4, -0.2) is 26.4 Å². The molecule has 1 rings (SSSR count). The molecular weight excluding hydrogens is 262 g/mol. The van der Waals surface area contributed by atoms with Gasteiger partial charge in [-0.05, 0) is 38.6 Å². The van der Waals surface area contributed by atoms with E-state index >= 15 is 0 Å². The first-order valence-corrected chi connectivity index (χ1v) is 7.14. The lowest BCUT2D eigenvalue weighted by Gasteiger charge is -2.21. The Bertz CT molecular complexity index is 384. The summed E-state index contributed by atoms with van der Waals surface area (Å²) in [6.07, 6.45) is 0.988. The maximum absolute atomic E-state index is 6.08. The Labute approximate surface area is 121 Å². The van der Waals surface area contributed by atoms with Crippen LogP contribution < -0.4 is 10.1 Å². The zero-order valence-corrected chi connectivity index (χ0v) is 13.0. The molecule has 2 unspecified atom stereocenters. The fourth-order valence-corrected chi connectivity index (χ4v) is 2.12. The van der Waals surface area contributed by atoms with E-state index in [1.54, 1.807) is 7.11 Å². The van der Waals surface area contributed by atoms with Gasteiger partial charge in [0.15, 0.2) is 0 Å². The molecule has 3 nitrogen and oxygen atoms in total. The van der Waals surface area contributed by atoms with Crippen LogP contribution in [-0.2, 0) is 4.74 Å². The van der Waals surface area contributed by atoms with Crippen molar-refractivity contribution in [2.45, 2.75) is 39.3 Å². The van der Waals surface area contributed by atoms with Gasteiger partial charge in [-0.3, -0.25) is 0 Å². The largest absolute Gasteiger partial charge is 0.490 e. The van der Waals surface area contributed by atoms with E-state index < -0.39 is 0 Å². The summed E-state index contributed by atoms with van der Waals surface area (Å²) in [6.45, 7) is 7.86. The lowest BCUT2D eigenvalue weighted by Crippen LogP contribution is -2.20. The predicted molar refractivity (Wildman–Crippen MR) is 80.1 cm³/mol. The van der Waals surface area contributed by atoms with Crippen LogP contribution in [0, 0.1) is 0 Å². The van der Waals surface area contributed by atoms with Gasteiger partial charge in [0.2, 0.25) is 0 Å². The predicted octanol–water partition coefficient (Wildman–Crippen LogP) is 3.81. The molecule has 1 aromatic rings. The highest BCUT2D eigenvalue weighted by atomic mass is 35.5. The molecule has 19 heavy (non-hydrogen) atoms. The maximum atomic E-state index is 6.08. The van der Waals surface area contributed by atoms with Gasteiger partial charge in [0.1, 0.15) is 5.75 Å². The van der Waals surface area contributed by atoms with Crippen LogP contribution in [0.2, 0.25) is 5.02 Å². The molecule has 0 fully saturated rings. The number of ether oxygens (including phenoxy) is 2. The van der Waals surface area contributed by atoms with Crippen molar-refractivity contribution >= 4 is 11.6 Å². The van der Waals surface area contributed by atoms with Crippen molar-refractivity contribution in [1.82, 2.24) is 5.32 Å². The average Bonchev–Trinajstić information content (AvgIpc) is 2.38. The summed E-state index contributed by atoms with van der Waals surface area (Å²) in [5.41, 5.74) is 1.10. The highest BCUT2D eigenvalue weighted by Crippen LogP contribution is 2.29. The van der Waals surface area contributed by atoms with Gasteiger partial charge in [-0.25, -0.2) is 0 Å². The van der Waals surface area contributed by atoms with Gasteiger partial charge in [0.05, 0.1) is 6.10 Å². The highest BCUT2D eigenvalue weighted by molar-refractivity contribution is 6.30. The summed E-state index contributed by atoms with van der Waals surface area (Å²) in [5, 5.41) is 4.12. The van der Waals surface area contributed by atoms with E-state index in [-0.39, 0.29) is 12.1 Å². The third-order valence-corrected chi connectivity index (χ3v) is 3.24. The van der Waals surface area contributed by atoms with Gasteiger partial charge in [-0.1, -0.05) is 18.5 Å². The quantitative estimate of drug-likeness (QED) is 0.788. The lowest BCUT2D eigenvalue weighted by molar-refractivity contribution is 0.134. The second-order valence-corrected chi connectivity index (χ2v) is 5.11. The van der Waals surface area contributed by atoms with Crippen LogP contribution >= 0.6 is 11.6 Å². The third-order valence-electron chi connectivity index (χ3n) is 3.01. The summed E-state index contributed by atoms with van der Waals surface area (Å²) in [4.78, 5) is 0. The molecule has 0 saturated heterocycles. The van der Waals surface area contributed by atoms with E-state index in [9.17, 15) is 0 Å². The van der Waals surface area contributed by atoms with Crippen molar-refractivity contribution in [3.8, 4) is 5.75 Å². The fourth-order valence-electron chi connectivity index (χ4n) is 1.94. The zero-order chi connectivity index (χ0) is 14.3. The minimum Gasteiger partial charge on any atom is -0.490 e. The van der Waals surface area contributed by atoms with Gasteiger partial charge in [0.25, 0.3) is 0 Å². The van der Waals surface area contributed by atoms with Crippen molar-refractivity contribution in [2.75, 3.05) is 20.3 Å². The molecule has 0 aromatic heterocycles. The van der Waals surface area contributed by atoms with E-state index in [0.29, 0.717) is 6.61 Å². The maximum Gasteiger partial charge on any atom is 0.124 e. The van der Waals surface area contributed by atoms with E-state index in [1.807, 2.05) is 18.2 Å². The van der Waals surface area contributed by atoms with Crippen LogP contribution in [0.1, 0.15) is 38.8 Å². The Hall–Kier alpha value is -0.770. The van der Waals surface area contributed by atoms with E-state index in [4.69, 9.17) is 21.1 Å².